The maximum atomic E-state index is 12.2. The summed E-state index contributed by atoms with van der Waals surface area (Å²) in [5.41, 5.74) is -0.897. The minimum Gasteiger partial charge on any atom is -0.494 e. The van der Waals surface area contributed by atoms with Gasteiger partial charge in [0.2, 0.25) is 0 Å². The van der Waals surface area contributed by atoms with Gasteiger partial charge in [-0.25, -0.2) is 4.79 Å². The quantitative estimate of drug-likeness (QED) is 0.848. The Morgan fingerprint density at radius 3 is 2.95 bits per heavy atom. The summed E-state index contributed by atoms with van der Waals surface area (Å²) >= 11 is 1.52. The second-order valence-corrected chi connectivity index (χ2v) is 5.33. The number of ether oxygens (including phenoxy) is 1. The standard InChI is InChI=1S/C12H14N2O4S/c1-18-9-6-13-4-2-8(9)10(15)14-12(11(16)17)3-5-19-7-12/h2,4,6H,3,5,7H2,1H3,(H,14,15)(H,16,17). The predicted molar refractivity (Wildman–Crippen MR) is 70.6 cm³/mol. The van der Waals surface area contributed by atoms with Gasteiger partial charge in [-0.3, -0.25) is 9.78 Å². The number of carboxylic acids is 1. The highest BCUT2D eigenvalue weighted by Gasteiger charge is 2.43. The summed E-state index contributed by atoms with van der Waals surface area (Å²) in [5.74, 6) is -0.0316. The zero-order valence-electron chi connectivity index (χ0n) is 10.4. The van der Waals surface area contributed by atoms with E-state index in [9.17, 15) is 14.7 Å². The molecule has 102 valence electrons. The molecule has 1 fully saturated rings. The maximum Gasteiger partial charge on any atom is 0.330 e. The molecule has 2 heterocycles. The third-order valence-electron chi connectivity index (χ3n) is 3.03. The van der Waals surface area contributed by atoms with Crippen molar-refractivity contribution in [3.63, 3.8) is 0 Å². The lowest BCUT2D eigenvalue weighted by Crippen LogP contribution is -2.54. The van der Waals surface area contributed by atoms with Crippen LogP contribution in [0.4, 0.5) is 0 Å². The van der Waals surface area contributed by atoms with Crippen LogP contribution in [0.5, 0.6) is 5.75 Å². The molecular weight excluding hydrogens is 268 g/mol. The number of rotatable bonds is 4. The molecule has 0 aromatic carbocycles. The fourth-order valence-electron chi connectivity index (χ4n) is 1.90. The van der Waals surface area contributed by atoms with Gasteiger partial charge < -0.3 is 15.2 Å². The molecule has 0 spiro atoms. The van der Waals surface area contributed by atoms with Crippen LogP contribution in [0.25, 0.3) is 0 Å². The number of methoxy groups -OCH3 is 1. The van der Waals surface area contributed by atoms with Gasteiger partial charge in [0.1, 0.15) is 11.3 Å². The number of nitrogens with one attached hydrogen (secondary N) is 1. The molecule has 1 aromatic rings. The van der Waals surface area contributed by atoms with Gasteiger partial charge in [-0.1, -0.05) is 0 Å². The first-order valence-corrected chi connectivity index (χ1v) is 6.86. The van der Waals surface area contributed by atoms with E-state index >= 15 is 0 Å². The number of carboxylic acid groups (broad SMARTS) is 1. The molecule has 7 heteroatoms. The Morgan fingerprint density at radius 1 is 1.58 bits per heavy atom. The van der Waals surface area contributed by atoms with E-state index in [0.29, 0.717) is 17.9 Å². The minimum atomic E-state index is -1.18. The van der Waals surface area contributed by atoms with Crippen LogP contribution < -0.4 is 10.1 Å². The zero-order chi connectivity index (χ0) is 13.9. The van der Waals surface area contributed by atoms with Gasteiger partial charge in [0, 0.05) is 11.9 Å². The van der Waals surface area contributed by atoms with Crippen molar-refractivity contribution in [1.82, 2.24) is 10.3 Å². The van der Waals surface area contributed by atoms with Crippen molar-refractivity contribution in [1.29, 1.82) is 0 Å². The molecule has 0 radical (unpaired) electrons. The smallest absolute Gasteiger partial charge is 0.330 e. The molecule has 0 aliphatic carbocycles. The van der Waals surface area contributed by atoms with Crippen molar-refractivity contribution in [3.05, 3.63) is 24.0 Å². The third kappa shape index (κ3) is 2.65. The van der Waals surface area contributed by atoms with E-state index in [4.69, 9.17) is 4.74 Å². The highest BCUT2D eigenvalue weighted by molar-refractivity contribution is 7.99. The first-order valence-electron chi connectivity index (χ1n) is 5.71. The van der Waals surface area contributed by atoms with Crippen LogP contribution in [0.3, 0.4) is 0 Å². The number of carbonyl (C=O) groups is 2. The second-order valence-electron chi connectivity index (χ2n) is 4.22. The first kappa shape index (κ1) is 13.7. The van der Waals surface area contributed by atoms with Crippen LogP contribution >= 0.6 is 11.8 Å². The number of amides is 1. The number of thioether (sulfide) groups is 1. The largest absolute Gasteiger partial charge is 0.494 e. The lowest BCUT2D eigenvalue weighted by atomic mass is 9.98. The normalized spacial score (nSPS) is 21.9. The summed E-state index contributed by atoms with van der Waals surface area (Å²) in [6, 6.07) is 1.51. The SMILES string of the molecule is COc1cnccc1C(=O)NC1(C(=O)O)CCSC1. The fraction of sp³-hybridized carbons (Fsp3) is 0.417. The number of hydrogen-bond donors (Lipinski definition) is 2. The average molecular weight is 282 g/mol. The molecule has 1 aromatic heterocycles. The lowest BCUT2D eigenvalue weighted by Gasteiger charge is -2.24. The van der Waals surface area contributed by atoms with Crippen molar-refractivity contribution in [2.24, 2.45) is 0 Å². The molecule has 1 saturated heterocycles. The molecule has 0 bridgehead atoms. The van der Waals surface area contributed by atoms with Gasteiger partial charge in [0.25, 0.3) is 5.91 Å². The average Bonchev–Trinajstić information content (AvgIpc) is 2.88. The van der Waals surface area contributed by atoms with Crippen molar-refractivity contribution in [2.75, 3.05) is 18.6 Å². The third-order valence-corrected chi connectivity index (χ3v) is 4.22. The monoisotopic (exact) mass is 282 g/mol. The van der Waals surface area contributed by atoms with Crippen molar-refractivity contribution in [2.45, 2.75) is 12.0 Å². The van der Waals surface area contributed by atoms with Crippen molar-refractivity contribution >= 4 is 23.6 Å². The summed E-state index contributed by atoms with van der Waals surface area (Å²) in [4.78, 5) is 27.4. The van der Waals surface area contributed by atoms with E-state index in [2.05, 4.69) is 10.3 Å². The molecule has 2 N–H and O–H groups in total. The van der Waals surface area contributed by atoms with E-state index < -0.39 is 17.4 Å². The minimum absolute atomic E-state index is 0.287. The highest BCUT2D eigenvalue weighted by atomic mass is 32.2. The number of carbonyl (C=O) groups excluding carboxylic acids is 1. The fourth-order valence-corrected chi connectivity index (χ4v) is 3.23. The van der Waals surface area contributed by atoms with Crippen molar-refractivity contribution < 1.29 is 19.4 Å². The molecule has 2 rings (SSSR count). The number of nitrogens with zero attached hydrogens (tertiary/aromatic N) is 1. The zero-order valence-corrected chi connectivity index (χ0v) is 11.2. The summed E-state index contributed by atoms with van der Waals surface area (Å²) < 4.78 is 5.05. The molecule has 1 amide bonds. The van der Waals surface area contributed by atoms with Crippen LogP contribution in [0.1, 0.15) is 16.8 Å². The van der Waals surface area contributed by atoms with E-state index in [1.165, 1.54) is 37.3 Å². The molecule has 19 heavy (non-hydrogen) atoms. The molecule has 0 saturated carbocycles. The van der Waals surface area contributed by atoms with E-state index in [1.54, 1.807) is 0 Å². The Kier molecular flexibility index (Phi) is 3.94. The van der Waals surface area contributed by atoms with Gasteiger partial charge in [-0.2, -0.15) is 11.8 Å². The van der Waals surface area contributed by atoms with Gasteiger partial charge in [-0.15, -0.1) is 0 Å². The summed E-state index contributed by atoms with van der Waals surface area (Å²) in [6.45, 7) is 0. The highest BCUT2D eigenvalue weighted by Crippen LogP contribution is 2.29. The first-order chi connectivity index (χ1) is 9.09. The summed E-state index contributed by atoms with van der Waals surface area (Å²) in [7, 11) is 1.44. The van der Waals surface area contributed by atoms with Crippen LogP contribution in [0.2, 0.25) is 0 Å². The Morgan fingerprint density at radius 2 is 2.37 bits per heavy atom. The Bertz CT molecular complexity index is 500. The van der Waals surface area contributed by atoms with E-state index in [0.717, 1.165) is 5.75 Å². The van der Waals surface area contributed by atoms with E-state index in [1.807, 2.05) is 0 Å². The number of aliphatic carboxylic acids is 1. The molecule has 1 atom stereocenters. The van der Waals surface area contributed by atoms with Crippen LogP contribution in [-0.2, 0) is 4.79 Å². The molecule has 1 aliphatic heterocycles. The summed E-state index contributed by atoms with van der Waals surface area (Å²) in [5, 5.41) is 11.9. The Hall–Kier alpha value is -1.76. The topological polar surface area (TPSA) is 88.5 Å². The molecule has 6 nitrogen and oxygen atoms in total. The van der Waals surface area contributed by atoms with Crippen LogP contribution in [-0.4, -0.2) is 46.1 Å². The van der Waals surface area contributed by atoms with Gasteiger partial charge >= 0.3 is 5.97 Å². The number of aromatic nitrogens is 1. The summed E-state index contributed by atoms with van der Waals surface area (Å²) in [6.07, 6.45) is 3.31. The lowest BCUT2D eigenvalue weighted by molar-refractivity contribution is -0.143. The van der Waals surface area contributed by atoms with Crippen molar-refractivity contribution in [3.8, 4) is 5.75 Å². The van der Waals surface area contributed by atoms with E-state index in [-0.39, 0.29) is 5.56 Å². The Balaban J connectivity index is 2.23. The van der Waals surface area contributed by atoms with Gasteiger partial charge in [-0.05, 0) is 18.2 Å². The van der Waals surface area contributed by atoms with Crippen LogP contribution in [0.15, 0.2) is 18.5 Å². The molecule has 1 unspecified atom stereocenters. The predicted octanol–water partition coefficient (Wildman–Crippen LogP) is 0.780. The maximum absolute atomic E-state index is 12.2. The van der Waals surface area contributed by atoms with Gasteiger partial charge in [0.05, 0.1) is 18.9 Å². The molecular formula is C12H14N2O4S. The number of pyridine rings is 1. The number of hydrogen-bond acceptors (Lipinski definition) is 5. The van der Waals surface area contributed by atoms with Gasteiger partial charge in [0.15, 0.2) is 0 Å². The molecule has 1 aliphatic rings. The Labute approximate surface area is 114 Å². The second kappa shape index (κ2) is 5.48. The van der Waals surface area contributed by atoms with Crippen LogP contribution in [0, 0.1) is 0 Å².